The predicted molar refractivity (Wildman–Crippen MR) is 39.1 cm³/mol. The summed E-state index contributed by atoms with van der Waals surface area (Å²) in [5, 5.41) is 0. The smallest absolute Gasteiger partial charge is 0.124 e. The van der Waals surface area contributed by atoms with Gasteiger partial charge in [0.15, 0.2) is 0 Å². The largest absolute Gasteiger partial charge is 0.744 e. The van der Waals surface area contributed by atoms with Crippen LogP contribution in [0.15, 0.2) is 23.1 Å². The number of rotatable bonds is 1. The van der Waals surface area contributed by atoms with Crippen molar-refractivity contribution in [3.8, 4) is 0 Å². The zero-order valence-corrected chi connectivity index (χ0v) is 7.06. The van der Waals surface area contributed by atoms with Crippen LogP contribution in [0.4, 0.5) is 4.39 Å². The van der Waals surface area contributed by atoms with E-state index >= 15 is 0 Å². The van der Waals surface area contributed by atoms with Crippen LogP contribution in [0.25, 0.3) is 0 Å². The standard InChI is InChI=1S/C7H7FO3S/c1-5-2-3-6(8)4-7(5)12(9,10)11/h2-4H,1H3,(H,9,10,11)/p-1. The Morgan fingerprint density at radius 3 is 2.42 bits per heavy atom. The third kappa shape index (κ3) is 1.80. The lowest BCUT2D eigenvalue weighted by Crippen LogP contribution is -2.01. The van der Waals surface area contributed by atoms with Crippen molar-refractivity contribution >= 4 is 10.1 Å². The van der Waals surface area contributed by atoms with Gasteiger partial charge in [-0.3, -0.25) is 0 Å². The monoisotopic (exact) mass is 189 g/mol. The van der Waals surface area contributed by atoms with E-state index in [-0.39, 0.29) is 5.56 Å². The van der Waals surface area contributed by atoms with Crippen molar-refractivity contribution in [3.05, 3.63) is 29.6 Å². The molecule has 3 nitrogen and oxygen atoms in total. The summed E-state index contributed by atoms with van der Waals surface area (Å²) < 4.78 is 43.9. The SMILES string of the molecule is Cc1ccc(F)cc1S(=O)(=O)[O-]. The minimum Gasteiger partial charge on any atom is -0.744 e. The molecular weight excluding hydrogens is 183 g/mol. The number of benzene rings is 1. The second-order valence-corrected chi connectivity index (χ2v) is 3.71. The molecule has 0 unspecified atom stereocenters. The third-order valence-electron chi connectivity index (χ3n) is 1.42. The zero-order valence-electron chi connectivity index (χ0n) is 6.24. The lowest BCUT2D eigenvalue weighted by Gasteiger charge is -2.09. The number of hydrogen-bond donors (Lipinski definition) is 0. The first-order chi connectivity index (χ1) is 5.41. The minimum absolute atomic E-state index is 0.256. The first-order valence-electron chi connectivity index (χ1n) is 3.13. The van der Waals surface area contributed by atoms with Crippen molar-refractivity contribution in [1.29, 1.82) is 0 Å². The molecule has 0 bridgehead atoms. The number of hydrogen-bond acceptors (Lipinski definition) is 3. The molecule has 0 N–H and O–H groups in total. The highest BCUT2D eigenvalue weighted by Crippen LogP contribution is 2.15. The summed E-state index contributed by atoms with van der Waals surface area (Å²) in [5.41, 5.74) is 0.256. The van der Waals surface area contributed by atoms with Gasteiger partial charge in [-0.1, -0.05) is 6.07 Å². The van der Waals surface area contributed by atoms with Gasteiger partial charge in [0.1, 0.15) is 15.9 Å². The van der Waals surface area contributed by atoms with Crippen molar-refractivity contribution in [2.45, 2.75) is 11.8 Å². The Hall–Kier alpha value is -0.940. The second kappa shape index (κ2) is 2.84. The molecule has 0 fully saturated rings. The Morgan fingerprint density at radius 1 is 1.42 bits per heavy atom. The fraction of sp³-hybridized carbons (Fsp3) is 0.143. The molecule has 66 valence electrons. The van der Waals surface area contributed by atoms with Gasteiger partial charge in [0.05, 0.1) is 4.90 Å². The molecule has 0 aromatic heterocycles. The molecule has 0 aliphatic heterocycles. The van der Waals surface area contributed by atoms with Crippen LogP contribution in [0.1, 0.15) is 5.56 Å². The molecule has 1 aromatic rings. The van der Waals surface area contributed by atoms with E-state index in [1.165, 1.54) is 13.0 Å². The van der Waals surface area contributed by atoms with Crippen LogP contribution in [-0.4, -0.2) is 13.0 Å². The molecule has 0 spiro atoms. The molecule has 0 aliphatic carbocycles. The van der Waals surface area contributed by atoms with Gasteiger partial charge in [0, 0.05) is 0 Å². The number of halogens is 1. The summed E-state index contributed by atoms with van der Waals surface area (Å²) >= 11 is 0. The van der Waals surface area contributed by atoms with Crippen LogP contribution >= 0.6 is 0 Å². The Morgan fingerprint density at radius 2 is 2.00 bits per heavy atom. The summed E-state index contributed by atoms with van der Waals surface area (Å²) in [4.78, 5) is -0.498. The highest BCUT2D eigenvalue weighted by molar-refractivity contribution is 7.85. The van der Waals surface area contributed by atoms with Gasteiger partial charge in [-0.15, -0.1) is 0 Å². The lowest BCUT2D eigenvalue weighted by atomic mass is 10.2. The maximum atomic E-state index is 12.5. The molecule has 0 atom stereocenters. The predicted octanol–water partition coefficient (Wildman–Crippen LogP) is 1.04. The molecule has 0 aliphatic rings. The lowest BCUT2D eigenvalue weighted by molar-refractivity contribution is 0.461. The normalized spacial score (nSPS) is 11.6. The molecule has 5 heteroatoms. The summed E-state index contributed by atoms with van der Waals surface area (Å²) in [6.07, 6.45) is 0. The zero-order chi connectivity index (χ0) is 9.35. The molecule has 1 rings (SSSR count). The van der Waals surface area contributed by atoms with Gasteiger partial charge in [0.2, 0.25) is 0 Å². The summed E-state index contributed by atoms with van der Waals surface area (Å²) in [6.45, 7) is 1.43. The molecule has 0 radical (unpaired) electrons. The van der Waals surface area contributed by atoms with Gasteiger partial charge in [-0.05, 0) is 24.6 Å². The molecule has 0 amide bonds. The van der Waals surface area contributed by atoms with Crippen LogP contribution in [0.5, 0.6) is 0 Å². The van der Waals surface area contributed by atoms with Crippen molar-refractivity contribution in [3.63, 3.8) is 0 Å². The summed E-state index contributed by atoms with van der Waals surface area (Å²) in [6, 6.07) is 3.07. The van der Waals surface area contributed by atoms with E-state index in [1.807, 2.05) is 0 Å². The maximum absolute atomic E-state index is 12.5. The van der Waals surface area contributed by atoms with E-state index in [9.17, 15) is 17.4 Å². The van der Waals surface area contributed by atoms with Crippen LogP contribution in [-0.2, 0) is 10.1 Å². The highest BCUT2D eigenvalue weighted by atomic mass is 32.2. The molecular formula is C7H6FO3S-. The average molecular weight is 189 g/mol. The fourth-order valence-corrected chi connectivity index (χ4v) is 1.56. The van der Waals surface area contributed by atoms with Crippen LogP contribution in [0.2, 0.25) is 0 Å². The summed E-state index contributed by atoms with van der Waals surface area (Å²) in [7, 11) is -4.55. The Bertz CT molecular complexity index is 397. The van der Waals surface area contributed by atoms with Gasteiger partial charge >= 0.3 is 0 Å². The van der Waals surface area contributed by atoms with Crippen LogP contribution in [0.3, 0.4) is 0 Å². The van der Waals surface area contributed by atoms with Gasteiger partial charge in [-0.25, -0.2) is 12.8 Å². The molecule has 0 heterocycles. The molecule has 0 saturated heterocycles. The Balaban J connectivity index is 3.43. The van der Waals surface area contributed by atoms with Crippen molar-refractivity contribution < 1.29 is 17.4 Å². The Kier molecular flexibility index (Phi) is 2.16. The summed E-state index contributed by atoms with van der Waals surface area (Å²) in [5.74, 6) is -0.727. The Labute approximate surface area is 69.6 Å². The topological polar surface area (TPSA) is 57.2 Å². The molecule has 12 heavy (non-hydrogen) atoms. The van der Waals surface area contributed by atoms with Crippen molar-refractivity contribution in [2.24, 2.45) is 0 Å². The first-order valence-corrected chi connectivity index (χ1v) is 4.54. The molecule has 0 saturated carbocycles. The van der Waals surface area contributed by atoms with Gasteiger partial charge in [-0.2, -0.15) is 0 Å². The average Bonchev–Trinajstić information content (AvgIpc) is 1.92. The van der Waals surface area contributed by atoms with Crippen LogP contribution in [0, 0.1) is 12.7 Å². The first kappa shape index (κ1) is 9.15. The van der Waals surface area contributed by atoms with E-state index in [2.05, 4.69) is 0 Å². The van der Waals surface area contributed by atoms with Crippen LogP contribution < -0.4 is 0 Å². The van der Waals surface area contributed by atoms with E-state index in [1.54, 1.807) is 0 Å². The van der Waals surface area contributed by atoms with E-state index < -0.39 is 20.8 Å². The minimum atomic E-state index is -4.55. The molecule has 1 aromatic carbocycles. The quantitative estimate of drug-likeness (QED) is 0.620. The third-order valence-corrected chi connectivity index (χ3v) is 2.40. The van der Waals surface area contributed by atoms with E-state index in [4.69, 9.17) is 0 Å². The van der Waals surface area contributed by atoms with Crippen molar-refractivity contribution in [2.75, 3.05) is 0 Å². The van der Waals surface area contributed by atoms with E-state index in [0.29, 0.717) is 0 Å². The number of aryl methyl sites for hydroxylation is 1. The van der Waals surface area contributed by atoms with Gasteiger partial charge in [0.25, 0.3) is 0 Å². The van der Waals surface area contributed by atoms with Gasteiger partial charge < -0.3 is 4.55 Å². The second-order valence-electron chi connectivity index (χ2n) is 2.36. The fourth-order valence-electron chi connectivity index (χ4n) is 0.843. The van der Waals surface area contributed by atoms with Crippen molar-refractivity contribution in [1.82, 2.24) is 0 Å². The highest BCUT2D eigenvalue weighted by Gasteiger charge is 2.05. The maximum Gasteiger partial charge on any atom is 0.124 e. The van der Waals surface area contributed by atoms with E-state index in [0.717, 1.165) is 12.1 Å².